The lowest BCUT2D eigenvalue weighted by Gasteiger charge is -2.33. The van der Waals surface area contributed by atoms with Crippen molar-refractivity contribution in [2.45, 2.75) is 4.90 Å². The Bertz CT molecular complexity index is 786. The van der Waals surface area contributed by atoms with Crippen molar-refractivity contribution < 1.29 is 8.42 Å². The molecule has 0 saturated carbocycles. The number of sulfonamides is 1. The topological polar surface area (TPSA) is 65.5 Å². The first-order valence-electron chi connectivity index (χ1n) is 7.62. The molecule has 1 aromatic carbocycles. The van der Waals surface area contributed by atoms with Crippen molar-refractivity contribution in [2.24, 2.45) is 0 Å². The van der Waals surface area contributed by atoms with Gasteiger partial charge in [-0.2, -0.15) is 0 Å². The summed E-state index contributed by atoms with van der Waals surface area (Å²) in [5.74, 6) is 0.870. The molecule has 0 aliphatic carbocycles. The van der Waals surface area contributed by atoms with E-state index in [4.69, 9.17) is 0 Å². The van der Waals surface area contributed by atoms with E-state index < -0.39 is 10.0 Å². The molecule has 24 heavy (non-hydrogen) atoms. The molecule has 6 nitrogen and oxygen atoms in total. The molecule has 2 heterocycles. The van der Waals surface area contributed by atoms with E-state index in [0.717, 1.165) is 36.5 Å². The highest BCUT2D eigenvalue weighted by Crippen LogP contribution is 2.20. The highest BCUT2D eigenvalue weighted by atomic mass is 79.9. The Morgan fingerprint density at radius 1 is 1.04 bits per heavy atom. The Balaban J connectivity index is 1.70. The van der Waals surface area contributed by atoms with E-state index in [9.17, 15) is 8.42 Å². The van der Waals surface area contributed by atoms with Crippen molar-refractivity contribution in [2.75, 3.05) is 42.8 Å². The van der Waals surface area contributed by atoms with E-state index in [1.165, 1.54) is 0 Å². The van der Waals surface area contributed by atoms with Crippen LogP contribution in [0.1, 0.15) is 0 Å². The van der Waals surface area contributed by atoms with Crippen molar-refractivity contribution in [1.82, 2.24) is 9.88 Å². The maximum Gasteiger partial charge on any atom is 0.261 e. The number of nitrogens with one attached hydrogen (secondary N) is 1. The maximum absolute atomic E-state index is 12.4. The number of halogens is 1. The molecule has 1 fully saturated rings. The largest absolute Gasteiger partial charge is 0.354 e. The molecule has 1 N–H and O–H groups in total. The van der Waals surface area contributed by atoms with Gasteiger partial charge in [-0.15, -0.1) is 0 Å². The fraction of sp³-hybridized carbons (Fsp3) is 0.312. The monoisotopic (exact) mass is 410 g/mol. The number of aromatic nitrogens is 1. The first kappa shape index (κ1) is 17.2. The third kappa shape index (κ3) is 4.06. The normalized spacial score (nSPS) is 16.2. The summed E-state index contributed by atoms with van der Waals surface area (Å²) in [5.41, 5.74) is 0.454. The summed E-state index contributed by atoms with van der Waals surface area (Å²) >= 11 is 3.30. The van der Waals surface area contributed by atoms with Crippen LogP contribution in [0.25, 0.3) is 0 Å². The van der Waals surface area contributed by atoms with Crippen LogP contribution in [0, 0.1) is 0 Å². The highest BCUT2D eigenvalue weighted by molar-refractivity contribution is 9.10. The number of hydrogen-bond donors (Lipinski definition) is 1. The smallest absolute Gasteiger partial charge is 0.261 e. The molecule has 1 saturated heterocycles. The van der Waals surface area contributed by atoms with Crippen LogP contribution in [0.4, 0.5) is 11.5 Å². The van der Waals surface area contributed by atoms with E-state index in [2.05, 4.69) is 42.5 Å². The van der Waals surface area contributed by atoms with Crippen molar-refractivity contribution >= 4 is 37.5 Å². The molecular formula is C16H19BrN4O2S. The van der Waals surface area contributed by atoms with E-state index >= 15 is 0 Å². The van der Waals surface area contributed by atoms with Gasteiger partial charge in [0.1, 0.15) is 5.82 Å². The number of rotatable bonds is 4. The predicted octanol–water partition coefficient (Wildman–Crippen LogP) is 2.40. The molecule has 0 bridgehead atoms. The van der Waals surface area contributed by atoms with Gasteiger partial charge in [0.05, 0.1) is 16.8 Å². The number of nitrogens with zero attached hydrogens (tertiary/aromatic N) is 3. The van der Waals surface area contributed by atoms with Gasteiger partial charge in [-0.05, 0) is 43.4 Å². The molecule has 8 heteroatoms. The summed E-state index contributed by atoms with van der Waals surface area (Å²) in [7, 11) is -1.50. The molecule has 0 spiro atoms. The first-order valence-corrected chi connectivity index (χ1v) is 9.89. The Morgan fingerprint density at radius 3 is 2.29 bits per heavy atom. The molecule has 1 aliphatic heterocycles. The summed E-state index contributed by atoms with van der Waals surface area (Å²) in [5, 5.41) is 0. The van der Waals surface area contributed by atoms with Crippen molar-refractivity contribution in [3.8, 4) is 0 Å². The third-order valence-electron chi connectivity index (χ3n) is 3.95. The number of benzene rings is 1. The van der Waals surface area contributed by atoms with Crippen molar-refractivity contribution in [1.29, 1.82) is 0 Å². The molecular weight excluding hydrogens is 392 g/mol. The van der Waals surface area contributed by atoms with E-state index in [-0.39, 0.29) is 4.90 Å². The van der Waals surface area contributed by atoms with Gasteiger partial charge in [-0.3, -0.25) is 4.72 Å². The number of pyridine rings is 1. The van der Waals surface area contributed by atoms with Crippen LogP contribution in [0.2, 0.25) is 0 Å². The van der Waals surface area contributed by atoms with Crippen LogP contribution < -0.4 is 9.62 Å². The quantitative estimate of drug-likeness (QED) is 0.837. The van der Waals surface area contributed by atoms with Gasteiger partial charge in [0, 0.05) is 30.7 Å². The summed E-state index contributed by atoms with van der Waals surface area (Å²) in [6.07, 6.45) is 1.56. The van der Waals surface area contributed by atoms with Crippen LogP contribution in [-0.4, -0.2) is 51.5 Å². The molecule has 3 rings (SSSR count). The van der Waals surface area contributed by atoms with E-state index in [0.29, 0.717) is 5.69 Å². The minimum atomic E-state index is -3.61. The number of likely N-dealkylation sites (N-methyl/N-ethyl adjacent to an activating group) is 1. The second-order valence-electron chi connectivity index (χ2n) is 5.75. The van der Waals surface area contributed by atoms with E-state index in [1.54, 1.807) is 36.5 Å². The lowest BCUT2D eigenvalue weighted by molar-refractivity contribution is 0.312. The van der Waals surface area contributed by atoms with Crippen LogP contribution in [-0.2, 0) is 10.0 Å². The first-order chi connectivity index (χ1) is 11.4. The minimum absolute atomic E-state index is 0.217. The summed E-state index contributed by atoms with van der Waals surface area (Å²) < 4.78 is 28.1. The number of anilines is 2. The zero-order chi connectivity index (χ0) is 17.2. The molecule has 0 atom stereocenters. The van der Waals surface area contributed by atoms with Gasteiger partial charge >= 0.3 is 0 Å². The summed E-state index contributed by atoms with van der Waals surface area (Å²) in [6, 6.07) is 10.1. The number of hydrogen-bond acceptors (Lipinski definition) is 5. The Morgan fingerprint density at radius 2 is 1.71 bits per heavy atom. The summed E-state index contributed by atoms with van der Waals surface area (Å²) in [6.45, 7) is 3.85. The van der Waals surface area contributed by atoms with Crippen LogP contribution in [0.5, 0.6) is 0 Å². The van der Waals surface area contributed by atoms with Gasteiger partial charge in [-0.1, -0.05) is 15.9 Å². The standard InChI is InChI=1S/C16H19BrN4O2S/c1-20-8-10-21(11-9-20)16-7-4-14(12-18-16)19-24(22,23)15-5-2-13(17)3-6-15/h2-7,12,19H,8-11H2,1H3. The average Bonchev–Trinajstić information content (AvgIpc) is 2.56. The second-order valence-corrected chi connectivity index (χ2v) is 8.35. The Hall–Kier alpha value is -1.64. The maximum atomic E-state index is 12.4. The van der Waals surface area contributed by atoms with Crippen LogP contribution in [0.3, 0.4) is 0 Å². The second kappa shape index (κ2) is 7.08. The molecule has 1 aliphatic rings. The third-order valence-corrected chi connectivity index (χ3v) is 5.88. The lowest BCUT2D eigenvalue weighted by atomic mass is 10.3. The van der Waals surface area contributed by atoms with Gasteiger partial charge in [-0.25, -0.2) is 13.4 Å². The Kier molecular flexibility index (Phi) is 5.07. The average molecular weight is 411 g/mol. The van der Waals surface area contributed by atoms with Crippen molar-refractivity contribution in [3.05, 3.63) is 47.1 Å². The zero-order valence-electron chi connectivity index (χ0n) is 13.3. The van der Waals surface area contributed by atoms with Gasteiger partial charge in [0.25, 0.3) is 10.0 Å². The number of piperazine rings is 1. The van der Waals surface area contributed by atoms with Crippen LogP contribution >= 0.6 is 15.9 Å². The lowest BCUT2D eigenvalue weighted by Crippen LogP contribution is -2.44. The minimum Gasteiger partial charge on any atom is -0.354 e. The fourth-order valence-corrected chi connectivity index (χ4v) is 3.80. The van der Waals surface area contributed by atoms with Crippen LogP contribution in [0.15, 0.2) is 52.0 Å². The summed E-state index contributed by atoms with van der Waals surface area (Å²) in [4.78, 5) is 9.09. The molecule has 0 unspecified atom stereocenters. The Labute approximate surface area is 150 Å². The molecule has 0 radical (unpaired) electrons. The van der Waals surface area contributed by atoms with E-state index in [1.807, 2.05) is 6.07 Å². The molecule has 2 aromatic rings. The SMILES string of the molecule is CN1CCN(c2ccc(NS(=O)(=O)c3ccc(Br)cc3)cn2)CC1. The molecule has 128 valence electrons. The molecule has 1 aromatic heterocycles. The highest BCUT2D eigenvalue weighted by Gasteiger charge is 2.17. The zero-order valence-corrected chi connectivity index (χ0v) is 15.7. The molecule has 0 amide bonds. The van der Waals surface area contributed by atoms with Crippen molar-refractivity contribution in [3.63, 3.8) is 0 Å². The fourth-order valence-electron chi connectivity index (χ4n) is 2.50. The predicted molar refractivity (Wildman–Crippen MR) is 98.9 cm³/mol. The van der Waals surface area contributed by atoms with Gasteiger partial charge in [0.2, 0.25) is 0 Å². The van der Waals surface area contributed by atoms with Gasteiger partial charge < -0.3 is 9.80 Å². The van der Waals surface area contributed by atoms with Gasteiger partial charge in [0.15, 0.2) is 0 Å².